The van der Waals surface area contributed by atoms with Gasteiger partial charge in [-0.05, 0) is 36.6 Å². The van der Waals surface area contributed by atoms with Crippen LogP contribution in [0, 0.1) is 12.8 Å². The number of aromatic nitrogens is 5. The zero-order valence-electron chi connectivity index (χ0n) is 15.4. The summed E-state index contributed by atoms with van der Waals surface area (Å²) in [5.41, 5.74) is 2.83. The fourth-order valence-corrected chi connectivity index (χ4v) is 3.03. The number of rotatable bonds is 5. The number of benzene rings is 1. The molecule has 0 spiro atoms. The van der Waals surface area contributed by atoms with E-state index in [1.807, 2.05) is 24.3 Å². The second-order valence-electron chi connectivity index (χ2n) is 6.76. The first-order chi connectivity index (χ1) is 13.1. The molecule has 0 aliphatic carbocycles. The van der Waals surface area contributed by atoms with Crippen LogP contribution < -0.4 is 5.32 Å². The number of pyridine rings is 1. The van der Waals surface area contributed by atoms with Crippen molar-refractivity contribution in [2.75, 3.05) is 5.32 Å². The lowest BCUT2D eigenvalue weighted by molar-refractivity contribution is 0.336. The summed E-state index contributed by atoms with van der Waals surface area (Å²) in [5.74, 6) is 2.01. The van der Waals surface area contributed by atoms with Gasteiger partial charge in [-0.25, -0.2) is 9.97 Å². The summed E-state index contributed by atoms with van der Waals surface area (Å²) in [6.07, 6.45) is 5.00. The molecule has 27 heavy (non-hydrogen) atoms. The van der Waals surface area contributed by atoms with Crippen LogP contribution >= 0.6 is 0 Å². The van der Waals surface area contributed by atoms with Crippen molar-refractivity contribution in [2.45, 2.75) is 26.8 Å². The van der Waals surface area contributed by atoms with Crippen LogP contribution in [0.25, 0.3) is 22.3 Å². The molecule has 0 aliphatic heterocycles. The van der Waals surface area contributed by atoms with Gasteiger partial charge in [-0.2, -0.15) is 4.98 Å². The first-order valence-corrected chi connectivity index (χ1v) is 8.84. The molecule has 1 aromatic carbocycles. The molecular formula is C20H20N6O. The Hall–Kier alpha value is -3.35. The molecule has 1 unspecified atom stereocenters. The fraction of sp³-hybridized carbons (Fsp3) is 0.250. The summed E-state index contributed by atoms with van der Waals surface area (Å²) in [5, 5.41) is 8.59. The summed E-state index contributed by atoms with van der Waals surface area (Å²) >= 11 is 0. The quantitative estimate of drug-likeness (QED) is 0.570. The SMILES string of the molecule is Cc1cccc2ncnc(NC(c3nc(-c4cccnc4)no3)C(C)C)c12. The third kappa shape index (κ3) is 3.36. The van der Waals surface area contributed by atoms with E-state index in [0.717, 1.165) is 27.8 Å². The molecule has 0 bridgehead atoms. The van der Waals surface area contributed by atoms with E-state index < -0.39 is 0 Å². The van der Waals surface area contributed by atoms with Gasteiger partial charge in [-0.1, -0.05) is 31.1 Å². The predicted octanol–water partition coefficient (Wildman–Crippen LogP) is 4.19. The zero-order chi connectivity index (χ0) is 18.8. The van der Waals surface area contributed by atoms with E-state index in [1.165, 1.54) is 0 Å². The molecule has 0 amide bonds. The van der Waals surface area contributed by atoms with Gasteiger partial charge in [-0.15, -0.1) is 0 Å². The van der Waals surface area contributed by atoms with Crippen molar-refractivity contribution >= 4 is 16.7 Å². The summed E-state index contributed by atoms with van der Waals surface area (Å²) in [7, 11) is 0. The summed E-state index contributed by atoms with van der Waals surface area (Å²) in [6.45, 7) is 6.25. The molecule has 136 valence electrons. The summed E-state index contributed by atoms with van der Waals surface area (Å²) < 4.78 is 5.56. The van der Waals surface area contributed by atoms with E-state index in [0.29, 0.717) is 11.7 Å². The second-order valence-corrected chi connectivity index (χ2v) is 6.76. The van der Waals surface area contributed by atoms with Crippen molar-refractivity contribution in [3.05, 3.63) is 60.5 Å². The van der Waals surface area contributed by atoms with Gasteiger partial charge in [0.25, 0.3) is 0 Å². The van der Waals surface area contributed by atoms with Gasteiger partial charge in [0.1, 0.15) is 18.2 Å². The van der Waals surface area contributed by atoms with Crippen molar-refractivity contribution in [3.63, 3.8) is 0 Å². The Balaban J connectivity index is 1.70. The Morgan fingerprint density at radius 3 is 2.74 bits per heavy atom. The molecule has 0 radical (unpaired) electrons. The average molecular weight is 360 g/mol. The highest BCUT2D eigenvalue weighted by molar-refractivity contribution is 5.91. The number of hydrogen-bond donors (Lipinski definition) is 1. The monoisotopic (exact) mass is 360 g/mol. The van der Waals surface area contributed by atoms with E-state index in [9.17, 15) is 0 Å². The molecule has 0 saturated carbocycles. The second kappa shape index (κ2) is 7.11. The lowest BCUT2D eigenvalue weighted by Gasteiger charge is -2.20. The molecule has 1 N–H and O–H groups in total. The van der Waals surface area contributed by atoms with E-state index in [4.69, 9.17) is 4.52 Å². The first-order valence-electron chi connectivity index (χ1n) is 8.84. The molecule has 3 heterocycles. The molecule has 4 rings (SSSR count). The Morgan fingerprint density at radius 2 is 1.96 bits per heavy atom. The van der Waals surface area contributed by atoms with Gasteiger partial charge in [-0.3, -0.25) is 4.98 Å². The van der Waals surface area contributed by atoms with Crippen molar-refractivity contribution in [2.24, 2.45) is 5.92 Å². The third-order valence-electron chi connectivity index (χ3n) is 4.46. The number of nitrogens with zero attached hydrogens (tertiary/aromatic N) is 5. The highest BCUT2D eigenvalue weighted by atomic mass is 16.5. The minimum absolute atomic E-state index is 0.180. The minimum atomic E-state index is -0.180. The van der Waals surface area contributed by atoms with E-state index >= 15 is 0 Å². The van der Waals surface area contributed by atoms with Crippen LogP contribution in [0.3, 0.4) is 0 Å². The molecule has 7 nitrogen and oxygen atoms in total. The molecule has 0 saturated heterocycles. The summed E-state index contributed by atoms with van der Waals surface area (Å²) in [6, 6.07) is 9.59. The Kier molecular flexibility index (Phi) is 4.50. The number of fused-ring (bicyclic) bond motifs is 1. The summed E-state index contributed by atoms with van der Waals surface area (Å²) in [4.78, 5) is 17.5. The topological polar surface area (TPSA) is 89.6 Å². The fourth-order valence-electron chi connectivity index (χ4n) is 3.03. The lowest BCUT2D eigenvalue weighted by atomic mass is 10.0. The molecule has 4 aromatic rings. The van der Waals surface area contributed by atoms with Crippen LogP contribution in [0.15, 0.2) is 53.6 Å². The first kappa shape index (κ1) is 17.1. The maximum absolute atomic E-state index is 5.56. The number of hydrogen-bond acceptors (Lipinski definition) is 7. The minimum Gasteiger partial charge on any atom is -0.358 e. The van der Waals surface area contributed by atoms with E-state index in [-0.39, 0.29) is 12.0 Å². The van der Waals surface area contributed by atoms with Gasteiger partial charge in [0.15, 0.2) is 0 Å². The maximum Gasteiger partial charge on any atom is 0.249 e. The van der Waals surface area contributed by atoms with Crippen LogP contribution in [-0.4, -0.2) is 25.1 Å². The Morgan fingerprint density at radius 1 is 1.07 bits per heavy atom. The number of aryl methyl sites for hydroxylation is 1. The highest BCUT2D eigenvalue weighted by Crippen LogP contribution is 2.30. The van der Waals surface area contributed by atoms with Gasteiger partial charge in [0.2, 0.25) is 11.7 Å². The van der Waals surface area contributed by atoms with Crippen LogP contribution in [0.2, 0.25) is 0 Å². The molecular weight excluding hydrogens is 340 g/mol. The van der Waals surface area contributed by atoms with Gasteiger partial charge in [0, 0.05) is 23.3 Å². The Bertz CT molecular complexity index is 1060. The molecule has 7 heteroatoms. The molecule has 0 aliphatic rings. The van der Waals surface area contributed by atoms with Crippen LogP contribution in [0.1, 0.15) is 31.3 Å². The average Bonchev–Trinajstić information content (AvgIpc) is 3.16. The smallest absolute Gasteiger partial charge is 0.249 e. The third-order valence-corrected chi connectivity index (χ3v) is 4.46. The highest BCUT2D eigenvalue weighted by Gasteiger charge is 2.24. The van der Waals surface area contributed by atoms with E-state index in [2.05, 4.69) is 57.2 Å². The van der Waals surface area contributed by atoms with Gasteiger partial charge < -0.3 is 9.84 Å². The lowest BCUT2D eigenvalue weighted by Crippen LogP contribution is -2.18. The van der Waals surface area contributed by atoms with Crippen molar-refractivity contribution < 1.29 is 4.52 Å². The normalized spacial score (nSPS) is 12.4. The Labute approximate surface area is 156 Å². The molecule has 3 aromatic heterocycles. The van der Waals surface area contributed by atoms with Gasteiger partial charge >= 0.3 is 0 Å². The maximum atomic E-state index is 5.56. The van der Waals surface area contributed by atoms with E-state index in [1.54, 1.807) is 18.7 Å². The molecule has 1 atom stereocenters. The van der Waals surface area contributed by atoms with Crippen molar-refractivity contribution in [1.82, 2.24) is 25.1 Å². The predicted molar refractivity (Wildman–Crippen MR) is 103 cm³/mol. The number of anilines is 1. The van der Waals surface area contributed by atoms with Crippen LogP contribution in [0.4, 0.5) is 5.82 Å². The van der Waals surface area contributed by atoms with Crippen LogP contribution in [0.5, 0.6) is 0 Å². The molecule has 0 fully saturated rings. The van der Waals surface area contributed by atoms with Crippen molar-refractivity contribution in [3.8, 4) is 11.4 Å². The standard InChI is InChI=1S/C20H20N6O/c1-12(2)17(20-25-18(26-27-20)14-7-5-9-21-10-14)24-19-16-13(3)6-4-8-15(16)22-11-23-19/h4-12,17H,1-3H3,(H,22,23,24). The van der Waals surface area contributed by atoms with Crippen LogP contribution in [-0.2, 0) is 0 Å². The van der Waals surface area contributed by atoms with Gasteiger partial charge in [0.05, 0.1) is 5.52 Å². The number of nitrogens with one attached hydrogen (secondary N) is 1. The van der Waals surface area contributed by atoms with Crippen molar-refractivity contribution in [1.29, 1.82) is 0 Å². The largest absolute Gasteiger partial charge is 0.358 e. The zero-order valence-corrected chi connectivity index (χ0v) is 15.4.